The molecule has 20 heavy (non-hydrogen) atoms. The Hall–Kier alpha value is -0.0700. The summed E-state index contributed by atoms with van der Waals surface area (Å²) in [4.78, 5) is 2.08. The minimum atomic E-state index is -0.490. The molecule has 0 spiro atoms. The molecule has 1 aliphatic heterocycles. The van der Waals surface area contributed by atoms with Gasteiger partial charge < -0.3 is 10.4 Å². The molecular weight excluding hydrogens is 370 g/mol. The summed E-state index contributed by atoms with van der Waals surface area (Å²) in [5.74, 6) is 0.200. The number of phenols is 1. The molecule has 0 saturated carbocycles. The summed E-state index contributed by atoms with van der Waals surface area (Å²) in [6, 6.07) is 3.33. The van der Waals surface area contributed by atoms with E-state index >= 15 is 0 Å². The van der Waals surface area contributed by atoms with Crippen LogP contribution in [0.4, 0.5) is 4.39 Å². The Labute approximate surface area is 139 Å². The Morgan fingerprint density at radius 2 is 1.95 bits per heavy atom. The molecule has 0 aromatic heterocycles. The van der Waals surface area contributed by atoms with Gasteiger partial charge in [-0.15, -0.1) is 24.8 Å². The largest absolute Gasteiger partial charge is 0.507 e. The van der Waals surface area contributed by atoms with Crippen molar-refractivity contribution in [2.75, 3.05) is 32.9 Å². The van der Waals surface area contributed by atoms with Gasteiger partial charge in [0.05, 0.1) is 6.04 Å². The number of halogens is 4. The maximum atomic E-state index is 13.4. The Bertz CT molecular complexity index is 431. The van der Waals surface area contributed by atoms with E-state index in [1.165, 1.54) is 0 Å². The lowest BCUT2D eigenvalue weighted by Gasteiger charge is -2.34. The zero-order valence-electron chi connectivity index (χ0n) is 11.2. The number of aryl methyl sites for hydroxylation is 1. The lowest BCUT2D eigenvalue weighted by Crippen LogP contribution is -2.45. The van der Waals surface area contributed by atoms with Crippen LogP contribution in [-0.4, -0.2) is 42.9 Å². The molecule has 1 fully saturated rings. The fourth-order valence-corrected chi connectivity index (χ4v) is 2.94. The Balaban J connectivity index is 0.00000180. The third-order valence-corrected chi connectivity index (χ3v) is 4.13. The minimum Gasteiger partial charge on any atom is -0.507 e. The predicted molar refractivity (Wildman–Crippen MR) is 88.2 cm³/mol. The highest BCUT2D eigenvalue weighted by atomic mass is 79.9. The van der Waals surface area contributed by atoms with Crippen LogP contribution in [0.1, 0.15) is 17.2 Å². The zero-order valence-corrected chi connectivity index (χ0v) is 14.5. The van der Waals surface area contributed by atoms with Gasteiger partial charge in [-0.3, -0.25) is 4.90 Å². The van der Waals surface area contributed by atoms with Crippen LogP contribution in [-0.2, 0) is 0 Å². The lowest BCUT2D eigenvalue weighted by molar-refractivity contribution is 0.144. The van der Waals surface area contributed by atoms with Gasteiger partial charge in [0.2, 0.25) is 0 Å². The lowest BCUT2D eigenvalue weighted by atomic mass is 10.0. The van der Waals surface area contributed by atoms with E-state index in [1.807, 2.05) is 19.1 Å². The topological polar surface area (TPSA) is 35.5 Å². The van der Waals surface area contributed by atoms with Crippen LogP contribution in [0.5, 0.6) is 5.75 Å². The second-order valence-corrected chi connectivity index (χ2v) is 5.44. The first-order valence-electron chi connectivity index (χ1n) is 6.14. The standard InChI is InChI=1S/C13H18BrFN2O.2ClH/c1-9-2-3-10(14)12(13(9)18)11(8-15)17-6-4-16-5-7-17;;/h2-3,11,16,18H,4-8H2,1H3;2*1H/t11-;;/m0../s1. The van der Waals surface area contributed by atoms with Crippen LogP contribution in [0.25, 0.3) is 0 Å². The fraction of sp³-hybridized carbons (Fsp3) is 0.538. The number of nitrogens with one attached hydrogen (secondary N) is 1. The highest BCUT2D eigenvalue weighted by Gasteiger charge is 2.26. The van der Waals surface area contributed by atoms with Gasteiger partial charge >= 0.3 is 0 Å². The Morgan fingerprint density at radius 3 is 2.50 bits per heavy atom. The van der Waals surface area contributed by atoms with Crippen molar-refractivity contribution in [3.8, 4) is 5.75 Å². The van der Waals surface area contributed by atoms with Crippen molar-refractivity contribution in [1.82, 2.24) is 10.2 Å². The molecule has 1 heterocycles. The van der Waals surface area contributed by atoms with Crippen LogP contribution >= 0.6 is 40.7 Å². The molecule has 2 N–H and O–H groups in total. The number of phenolic OH excluding ortho intramolecular Hbond substituents is 1. The number of rotatable bonds is 3. The van der Waals surface area contributed by atoms with Crippen molar-refractivity contribution in [3.63, 3.8) is 0 Å². The molecule has 1 aromatic rings. The molecule has 3 nitrogen and oxygen atoms in total. The second-order valence-electron chi connectivity index (χ2n) is 4.58. The summed E-state index contributed by atoms with van der Waals surface area (Å²) in [6.45, 7) is 4.66. The van der Waals surface area contributed by atoms with Gasteiger partial charge in [-0.1, -0.05) is 22.0 Å². The van der Waals surface area contributed by atoms with Crippen molar-refractivity contribution in [2.45, 2.75) is 13.0 Å². The Kier molecular flexibility index (Phi) is 9.02. The van der Waals surface area contributed by atoms with Gasteiger partial charge in [0.25, 0.3) is 0 Å². The van der Waals surface area contributed by atoms with Gasteiger partial charge in [0.15, 0.2) is 0 Å². The van der Waals surface area contributed by atoms with Crippen molar-refractivity contribution < 1.29 is 9.50 Å². The minimum absolute atomic E-state index is 0. The summed E-state index contributed by atoms with van der Waals surface area (Å²) in [5, 5.41) is 13.4. The van der Waals surface area contributed by atoms with Gasteiger partial charge in [-0.05, 0) is 18.6 Å². The molecule has 0 amide bonds. The molecular formula is C13H20BrCl2FN2O. The zero-order chi connectivity index (χ0) is 13.1. The molecule has 7 heteroatoms. The first-order chi connectivity index (χ1) is 8.65. The van der Waals surface area contributed by atoms with E-state index in [1.54, 1.807) is 0 Å². The number of aromatic hydroxyl groups is 1. The van der Waals surface area contributed by atoms with Crippen LogP contribution in [0, 0.1) is 6.92 Å². The van der Waals surface area contributed by atoms with E-state index in [2.05, 4.69) is 26.1 Å². The summed E-state index contributed by atoms with van der Waals surface area (Å²) in [5.41, 5.74) is 1.45. The smallest absolute Gasteiger partial charge is 0.124 e. The van der Waals surface area contributed by atoms with E-state index in [0.29, 0.717) is 5.56 Å². The molecule has 1 saturated heterocycles. The molecule has 0 bridgehead atoms. The number of hydrogen-bond acceptors (Lipinski definition) is 3. The van der Waals surface area contributed by atoms with Gasteiger partial charge in [-0.25, -0.2) is 4.39 Å². The molecule has 1 aromatic carbocycles. The van der Waals surface area contributed by atoms with E-state index < -0.39 is 6.67 Å². The molecule has 1 atom stereocenters. The van der Waals surface area contributed by atoms with Crippen LogP contribution in [0.3, 0.4) is 0 Å². The van der Waals surface area contributed by atoms with Crippen LogP contribution in [0.15, 0.2) is 16.6 Å². The van der Waals surface area contributed by atoms with Gasteiger partial charge in [0, 0.05) is 36.2 Å². The highest BCUT2D eigenvalue weighted by molar-refractivity contribution is 9.10. The van der Waals surface area contributed by atoms with Crippen molar-refractivity contribution in [2.24, 2.45) is 0 Å². The van der Waals surface area contributed by atoms with E-state index in [-0.39, 0.29) is 36.6 Å². The van der Waals surface area contributed by atoms with E-state index in [4.69, 9.17) is 0 Å². The summed E-state index contributed by atoms with van der Waals surface area (Å²) in [7, 11) is 0. The molecule has 2 rings (SSSR count). The second kappa shape index (κ2) is 9.05. The SMILES string of the molecule is Cc1ccc(Br)c([C@H](CF)N2CCNCC2)c1O.Cl.Cl. The van der Waals surface area contributed by atoms with Gasteiger partial charge in [0.1, 0.15) is 12.4 Å². The van der Waals surface area contributed by atoms with Crippen molar-refractivity contribution in [3.05, 3.63) is 27.7 Å². The maximum Gasteiger partial charge on any atom is 0.124 e. The number of benzene rings is 1. The quantitative estimate of drug-likeness (QED) is 0.832. The van der Waals surface area contributed by atoms with E-state index in [0.717, 1.165) is 36.2 Å². The molecule has 0 unspecified atom stereocenters. The number of alkyl halides is 1. The third-order valence-electron chi connectivity index (χ3n) is 3.44. The summed E-state index contributed by atoms with van der Waals surface area (Å²) >= 11 is 3.42. The molecule has 116 valence electrons. The number of piperazine rings is 1. The highest BCUT2D eigenvalue weighted by Crippen LogP contribution is 2.37. The predicted octanol–water partition coefficient (Wildman–Crippen LogP) is 3.22. The Morgan fingerprint density at radius 1 is 1.35 bits per heavy atom. The van der Waals surface area contributed by atoms with Gasteiger partial charge in [-0.2, -0.15) is 0 Å². The third kappa shape index (κ3) is 4.21. The van der Waals surface area contributed by atoms with Crippen LogP contribution in [0.2, 0.25) is 0 Å². The molecule has 1 aliphatic rings. The van der Waals surface area contributed by atoms with Crippen molar-refractivity contribution in [1.29, 1.82) is 0 Å². The van der Waals surface area contributed by atoms with Crippen molar-refractivity contribution >= 4 is 40.7 Å². The summed E-state index contributed by atoms with van der Waals surface area (Å²) < 4.78 is 14.2. The number of hydrogen-bond donors (Lipinski definition) is 2. The summed E-state index contributed by atoms with van der Waals surface area (Å²) in [6.07, 6.45) is 0. The first kappa shape index (κ1) is 19.9. The molecule has 0 aliphatic carbocycles. The average molecular weight is 390 g/mol. The normalized spacial score (nSPS) is 16.9. The van der Waals surface area contributed by atoms with Crippen LogP contribution < -0.4 is 5.32 Å². The average Bonchev–Trinajstić information content (AvgIpc) is 2.40. The molecule has 0 radical (unpaired) electrons. The fourth-order valence-electron chi connectivity index (χ4n) is 2.36. The maximum absolute atomic E-state index is 13.4. The monoisotopic (exact) mass is 388 g/mol. The first-order valence-corrected chi connectivity index (χ1v) is 6.93. The van der Waals surface area contributed by atoms with E-state index in [9.17, 15) is 9.50 Å². The number of nitrogens with zero attached hydrogens (tertiary/aromatic N) is 1.